The molecule has 98 valence electrons. The maximum absolute atomic E-state index is 13.8. The number of nitrogens with zero attached hydrogens (tertiary/aromatic N) is 1. The first-order valence-corrected chi connectivity index (χ1v) is 5.61. The highest BCUT2D eigenvalue weighted by Crippen LogP contribution is 2.28. The van der Waals surface area contributed by atoms with Crippen molar-refractivity contribution in [2.24, 2.45) is 0 Å². The molecule has 0 aliphatic carbocycles. The summed E-state index contributed by atoms with van der Waals surface area (Å²) in [5.41, 5.74) is 1.25. The molecule has 1 heterocycles. The van der Waals surface area contributed by atoms with Crippen LogP contribution in [0.3, 0.4) is 0 Å². The lowest BCUT2D eigenvalue weighted by molar-refractivity contribution is -0.136. The lowest BCUT2D eigenvalue weighted by Gasteiger charge is -2.10. The van der Waals surface area contributed by atoms with Gasteiger partial charge in [0, 0.05) is 23.4 Å². The van der Waals surface area contributed by atoms with Crippen molar-refractivity contribution in [2.45, 2.75) is 6.42 Å². The van der Waals surface area contributed by atoms with E-state index in [9.17, 15) is 9.18 Å². The molecule has 0 amide bonds. The number of carboxylic acid groups (broad SMARTS) is 1. The normalized spacial score (nSPS) is 10.2. The van der Waals surface area contributed by atoms with E-state index in [4.69, 9.17) is 9.84 Å². The van der Waals surface area contributed by atoms with E-state index in [0.29, 0.717) is 22.6 Å². The second kappa shape index (κ2) is 5.48. The Morgan fingerprint density at radius 3 is 2.74 bits per heavy atom. The van der Waals surface area contributed by atoms with Crippen LogP contribution in [-0.4, -0.2) is 23.2 Å². The van der Waals surface area contributed by atoms with Gasteiger partial charge in [0.15, 0.2) is 0 Å². The summed E-state index contributed by atoms with van der Waals surface area (Å²) in [6, 6.07) is 7.68. The SMILES string of the molecule is COc1cc(CC(=O)O)c(-c2ccccc2F)cn1. The highest BCUT2D eigenvalue weighted by molar-refractivity contribution is 5.76. The molecule has 0 atom stereocenters. The van der Waals surface area contributed by atoms with E-state index in [1.54, 1.807) is 18.2 Å². The van der Waals surface area contributed by atoms with E-state index >= 15 is 0 Å². The molecule has 1 aromatic carbocycles. The number of ether oxygens (including phenoxy) is 1. The van der Waals surface area contributed by atoms with Gasteiger partial charge in [0.25, 0.3) is 0 Å². The van der Waals surface area contributed by atoms with E-state index in [2.05, 4.69) is 4.98 Å². The fraction of sp³-hybridized carbons (Fsp3) is 0.143. The summed E-state index contributed by atoms with van der Waals surface area (Å²) < 4.78 is 18.7. The number of halogens is 1. The van der Waals surface area contributed by atoms with Gasteiger partial charge in [-0.15, -0.1) is 0 Å². The molecule has 1 N–H and O–H groups in total. The van der Waals surface area contributed by atoms with Crippen LogP contribution in [0.1, 0.15) is 5.56 Å². The van der Waals surface area contributed by atoms with Crippen molar-refractivity contribution in [3.05, 3.63) is 47.9 Å². The van der Waals surface area contributed by atoms with Gasteiger partial charge >= 0.3 is 5.97 Å². The molecule has 19 heavy (non-hydrogen) atoms. The van der Waals surface area contributed by atoms with Gasteiger partial charge in [-0.25, -0.2) is 9.37 Å². The average molecular weight is 261 g/mol. The Morgan fingerprint density at radius 2 is 2.11 bits per heavy atom. The van der Waals surface area contributed by atoms with Crippen LogP contribution in [0.15, 0.2) is 36.5 Å². The van der Waals surface area contributed by atoms with E-state index in [0.717, 1.165) is 0 Å². The van der Waals surface area contributed by atoms with Crippen molar-refractivity contribution in [2.75, 3.05) is 7.11 Å². The van der Waals surface area contributed by atoms with Gasteiger partial charge in [0.2, 0.25) is 5.88 Å². The Kier molecular flexibility index (Phi) is 3.75. The van der Waals surface area contributed by atoms with Crippen LogP contribution in [0.2, 0.25) is 0 Å². The number of aromatic nitrogens is 1. The molecule has 0 saturated heterocycles. The molecular weight excluding hydrogens is 249 g/mol. The van der Waals surface area contributed by atoms with E-state index in [1.165, 1.54) is 25.4 Å². The standard InChI is InChI=1S/C14H12FNO3/c1-19-13-6-9(7-14(17)18)11(8-16-13)10-4-2-3-5-12(10)15/h2-6,8H,7H2,1H3,(H,17,18). The predicted octanol–water partition coefficient (Wildman–Crippen LogP) is 2.52. The van der Waals surface area contributed by atoms with Crippen LogP contribution >= 0.6 is 0 Å². The molecular formula is C14H12FNO3. The second-order valence-electron chi connectivity index (χ2n) is 3.93. The van der Waals surface area contributed by atoms with Gasteiger partial charge in [0.05, 0.1) is 13.5 Å². The van der Waals surface area contributed by atoms with Gasteiger partial charge in [0.1, 0.15) is 5.82 Å². The molecule has 5 heteroatoms. The number of hydrogen-bond donors (Lipinski definition) is 1. The minimum Gasteiger partial charge on any atom is -0.481 e. The third kappa shape index (κ3) is 2.88. The van der Waals surface area contributed by atoms with Crippen LogP contribution in [0, 0.1) is 5.82 Å². The summed E-state index contributed by atoms with van der Waals surface area (Å²) in [7, 11) is 1.44. The fourth-order valence-corrected chi connectivity index (χ4v) is 1.82. The van der Waals surface area contributed by atoms with Crippen molar-refractivity contribution in [3.8, 4) is 17.0 Å². The van der Waals surface area contributed by atoms with Crippen LogP contribution in [0.4, 0.5) is 4.39 Å². The zero-order valence-electron chi connectivity index (χ0n) is 10.3. The monoisotopic (exact) mass is 261 g/mol. The van der Waals surface area contributed by atoms with Crippen molar-refractivity contribution >= 4 is 5.97 Å². The molecule has 0 bridgehead atoms. The molecule has 0 aliphatic rings. The fourth-order valence-electron chi connectivity index (χ4n) is 1.82. The molecule has 4 nitrogen and oxygen atoms in total. The average Bonchev–Trinajstić information content (AvgIpc) is 2.39. The van der Waals surface area contributed by atoms with Crippen molar-refractivity contribution in [1.29, 1.82) is 0 Å². The Labute approximate surface area is 109 Å². The minimum atomic E-state index is -0.995. The summed E-state index contributed by atoms with van der Waals surface area (Å²) in [6.07, 6.45) is 1.21. The first-order valence-electron chi connectivity index (χ1n) is 5.61. The van der Waals surface area contributed by atoms with Crippen LogP contribution in [0.25, 0.3) is 11.1 Å². The van der Waals surface area contributed by atoms with E-state index in [1.807, 2.05) is 0 Å². The molecule has 0 fully saturated rings. The maximum Gasteiger partial charge on any atom is 0.307 e. The van der Waals surface area contributed by atoms with Crippen molar-refractivity contribution < 1.29 is 19.0 Å². The lowest BCUT2D eigenvalue weighted by Crippen LogP contribution is -2.04. The number of methoxy groups -OCH3 is 1. The Hall–Kier alpha value is -2.43. The summed E-state index contributed by atoms with van der Waals surface area (Å²) in [5.74, 6) is -1.11. The number of carbonyl (C=O) groups is 1. The highest BCUT2D eigenvalue weighted by Gasteiger charge is 2.13. The molecule has 2 aromatic rings. The Bertz CT molecular complexity index is 613. The first kappa shape index (κ1) is 13.0. The van der Waals surface area contributed by atoms with E-state index < -0.39 is 11.8 Å². The van der Waals surface area contributed by atoms with Gasteiger partial charge in [-0.3, -0.25) is 4.79 Å². The molecule has 0 spiro atoms. The second-order valence-corrected chi connectivity index (χ2v) is 3.93. The summed E-state index contributed by atoms with van der Waals surface area (Å²) in [4.78, 5) is 14.9. The smallest absolute Gasteiger partial charge is 0.307 e. The third-order valence-electron chi connectivity index (χ3n) is 2.68. The van der Waals surface area contributed by atoms with Crippen molar-refractivity contribution in [1.82, 2.24) is 4.98 Å². The molecule has 1 aromatic heterocycles. The van der Waals surface area contributed by atoms with Gasteiger partial charge < -0.3 is 9.84 Å². The van der Waals surface area contributed by atoms with Gasteiger partial charge in [-0.1, -0.05) is 18.2 Å². The molecule has 0 unspecified atom stereocenters. The molecule has 0 radical (unpaired) electrons. The van der Waals surface area contributed by atoms with Gasteiger partial charge in [-0.2, -0.15) is 0 Å². The number of aliphatic carboxylic acids is 1. The Balaban J connectivity index is 2.56. The zero-order chi connectivity index (χ0) is 13.8. The third-order valence-corrected chi connectivity index (χ3v) is 2.68. The number of benzene rings is 1. The molecule has 0 aliphatic heterocycles. The van der Waals surface area contributed by atoms with Crippen LogP contribution < -0.4 is 4.74 Å². The predicted molar refractivity (Wildman–Crippen MR) is 67.5 cm³/mol. The minimum absolute atomic E-state index is 0.220. The topological polar surface area (TPSA) is 59.4 Å². The highest BCUT2D eigenvalue weighted by atomic mass is 19.1. The van der Waals surface area contributed by atoms with Gasteiger partial charge in [-0.05, 0) is 11.6 Å². The van der Waals surface area contributed by atoms with Crippen LogP contribution in [0.5, 0.6) is 5.88 Å². The number of carboxylic acids is 1. The summed E-state index contributed by atoms with van der Waals surface area (Å²) in [6.45, 7) is 0. The lowest BCUT2D eigenvalue weighted by atomic mass is 9.99. The summed E-state index contributed by atoms with van der Waals surface area (Å²) >= 11 is 0. The number of pyridine rings is 1. The number of hydrogen-bond acceptors (Lipinski definition) is 3. The Morgan fingerprint density at radius 1 is 1.37 bits per heavy atom. The van der Waals surface area contributed by atoms with Crippen molar-refractivity contribution in [3.63, 3.8) is 0 Å². The maximum atomic E-state index is 13.8. The molecule has 2 rings (SSSR count). The zero-order valence-corrected chi connectivity index (χ0v) is 10.3. The van der Waals surface area contributed by atoms with E-state index in [-0.39, 0.29) is 6.42 Å². The molecule has 0 saturated carbocycles. The quantitative estimate of drug-likeness (QED) is 0.918. The largest absolute Gasteiger partial charge is 0.481 e. The summed E-state index contributed by atoms with van der Waals surface area (Å²) in [5, 5.41) is 8.92. The van der Waals surface area contributed by atoms with Crippen LogP contribution in [-0.2, 0) is 11.2 Å². The number of rotatable bonds is 4. The first-order chi connectivity index (χ1) is 9.11.